The van der Waals surface area contributed by atoms with Crippen molar-refractivity contribution in [2.24, 2.45) is 0 Å². The van der Waals surface area contributed by atoms with Gasteiger partial charge in [-0.25, -0.2) is 0 Å². The van der Waals surface area contributed by atoms with Crippen LogP contribution in [0.5, 0.6) is 11.5 Å². The summed E-state index contributed by atoms with van der Waals surface area (Å²) in [5.41, 5.74) is 4.76. The first-order valence-corrected chi connectivity index (χ1v) is 9.34. The molecule has 0 radical (unpaired) electrons. The minimum Gasteiger partial charge on any atom is -0.488 e. The van der Waals surface area contributed by atoms with Crippen molar-refractivity contribution in [3.05, 3.63) is 56.2 Å². The minimum absolute atomic E-state index is 0.345. The summed E-state index contributed by atoms with van der Waals surface area (Å²) in [6.07, 6.45) is 1.03. The molecule has 2 rings (SSSR count). The number of hydrogen-bond donors (Lipinski definition) is 1. The summed E-state index contributed by atoms with van der Waals surface area (Å²) >= 11 is 7.40. The summed E-state index contributed by atoms with van der Waals surface area (Å²) in [5.74, 6) is 1.63. The highest BCUT2D eigenvalue weighted by atomic mass is 127. The molecule has 0 aliphatic heterocycles. The van der Waals surface area contributed by atoms with Crippen molar-refractivity contribution in [2.45, 2.75) is 33.8 Å². The molecule has 24 heavy (non-hydrogen) atoms. The van der Waals surface area contributed by atoms with E-state index in [1.165, 1.54) is 11.1 Å². The summed E-state index contributed by atoms with van der Waals surface area (Å²) in [7, 11) is 1.74. The van der Waals surface area contributed by atoms with E-state index in [1.807, 2.05) is 18.2 Å². The highest BCUT2D eigenvalue weighted by Crippen LogP contribution is 2.28. The van der Waals surface area contributed by atoms with Gasteiger partial charge in [0.25, 0.3) is 5.17 Å². The molecule has 3 nitrogen and oxygen atoms in total. The molecule has 0 heterocycles. The van der Waals surface area contributed by atoms with Crippen LogP contribution in [0.1, 0.15) is 29.2 Å². The van der Waals surface area contributed by atoms with Gasteiger partial charge in [-0.1, -0.05) is 19.1 Å². The van der Waals surface area contributed by atoms with Crippen molar-refractivity contribution < 1.29 is 9.47 Å². The summed E-state index contributed by atoms with van der Waals surface area (Å²) < 4.78 is 12.9. The number of nitrogens with one attached hydrogen (secondary N) is 1. The highest BCUT2D eigenvalue weighted by molar-refractivity contribution is 14.1. The second kappa shape index (κ2) is 8.67. The van der Waals surface area contributed by atoms with Crippen LogP contribution < -0.4 is 14.8 Å². The molecule has 0 aromatic heterocycles. The summed E-state index contributed by atoms with van der Waals surface area (Å²) in [6, 6.07) is 10.2. The number of benzene rings is 2. The fourth-order valence-corrected chi connectivity index (χ4v) is 3.18. The van der Waals surface area contributed by atoms with Gasteiger partial charge in [0.05, 0.1) is 0 Å². The quantitative estimate of drug-likeness (QED) is 0.512. The van der Waals surface area contributed by atoms with E-state index >= 15 is 0 Å². The maximum absolute atomic E-state index is 6.09. The zero-order valence-corrected chi connectivity index (χ0v) is 17.4. The van der Waals surface area contributed by atoms with Crippen molar-refractivity contribution in [3.8, 4) is 11.5 Å². The molecule has 2 aromatic rings. The first-order valence-electron chi connectivity index (χ1n) is 7.86. The predicted molar refractivity (Wildman–Crippen MR) is 111 cm³/mol. The van der Waals surface area contributed by atoms with Gasteiger partial charge in [0.2, 0.25) is 0 Å². The predicted octanol–water partition coefficient (Wildman–Crippen LogP) is 4.93. The summed E-state index contributed by atoms with van der Waals surface area (Å²) in [6.45, 7) is 6.81. The number of aryl methyl sites for hydroxylation is 3. The molecule has 1 N–H and O–H groups in total. The van der Waals surface area contributed by atoms with Gasteiger partial charge in [-0.2, -0.15) is 0 Å². The molecular weight excluding hydrogens is 433 g/mol. The number of ether oxygens (including phenoxy) is 2. The average Bonchev–Trinajstić information content (AvgIpc) is 2.56. The largest absolute Gasteiger partial charge is 0.488 e. The Bertz CT molecular complexity index is 746. The van der Waals surface area contributed by atoms with E-state index in [-0.39, 0.29) is 0 Å². The number of hydrogen-bond acceptors (Lipinski definition) is 3. The van der Waals surface area contributed by atoms with Crippen LogP contribution in [-0.4, -0.2) is 12.2 Å². The van der Waals surface area contributed by atoms with E-state index in [9.17, 15) is 0 Å². The molecule has 0 amide bonds. The van der Waals surface area contributed by atoms with Crippen LogP contribution >= 0.6 is 34.8 Å². The Balaban J connectivity index is 2.23. The van der Waals surface area contributed by atoms with Gasteiger partial charge in [0, 0.05) is 16.2 Å². The van der Waals surface area contributed by atoms with Gasteiger partial charge in [-0.3, -0.25) is 0 Å². The summed E-state index contributed by atoms with van der Waals surface area (Å²) in [5, 5.41) is 3.17. The van der Waals surface area contributed by atoms with Crippen LogP contribution in [0.2, 0.25) is 0 Å². The maximum Gasteiger partial charge on any atom is 0.261 e. The Labute approximate surface area is 162 Å². The molecule has 0 aliphatic carbocycles. The average molecular weight is 455 g/mol. The Morgan fingerprint density at radius 1 is 1.17 bits per heavy atom. The fraction of sp³-hybridized carbons (Fsp3) is 0.316. The van der Waals surface area contributed by atoms with Gasteiger partial charge < -0.3 is 14.8 Å². The number of thiocarbonyl (C=S) groups is 1. The van der Waals surface area contributed by atoms with Crippen molar-refractivity contribution >= 4 is 40.0 Å². The zero-order chi connectivity index (χ0) is 17.7. The molecule has 2 aromatic carbocycles. The van der Waals surface area contributed by atoms with E-state index in [0.29, 0.717) is 11.8 Å². The lowest BCUT2D eigenvalue weighted by molar-refractivity contribution is 0.298. The van der Waals surface area contributed by atoms with Gasteiger partial charge in [0.15, 0.2) is 0 Å². The van der Waals surface area contributed by atoms with Crippen molar-refractivity contribution in [3.63, 3.8) is 0 Å². The SMILES string of the molecule is CCc1cc(C)c(OCc2c(I)cccc2OC(=S)NC)cc1C. The lowest BCUT2D eigenvalue weighted by Crippen LogP contribution is -2.22. The molecule has 0 fully saturated rings. The van der Waals surface area contributed by atoms with E-state index in [0.717, 1.165) is 32.6 Å². The lowest BCUT2D eigenvalue weighted by Gasteiger charge is -2.16. The first-order chi connectivity index (χ1) is 11.5. The van der Waals surface area contributed by atoms with Gasteiger partial charge in [-0.05, 0) is 90.0 Å². The number of rotatable bonds is 5. The van der Waals surface area contributed by atoms with E-state index in [2.05, 4.69) is 60.8 Å². The molecule has 0 spiro atoms. The zero-order valence-electron chi connectivity index (χ0n) is 14.4. The molecule has 0 saturated heterocycles. The van der Waals surface area contributed by atoms with Gasteiger partial charge in [-0.15, -0.1) is 0 Å². The van der Waals surface area contributed by atoms with Crippen molar-refractivity contribution in [1.82, 2.24) is 5.32 Å². The maximum atomic E-state index is 6.09. The molecule has 0 bridgehead atoms. The van der Waals surface area contributed by atoms with Crippen LogP contribution in [0.15, 0.2) is 30.3 Å². The summed E-state index contributed by atoms with van der Waals surface area (Å²) in [4.78, 5) is 0. The normalized spacial score (nSPS) is 10.4. The molecule has 0 atom stereocenters. The van der Waals surface area contributed by atoms with Crippen molar-refractivity contribution in [2.75, 3.05) is 7.05 Å². The van der Waals surface area contributed by atoms with E-state index in [1.54, 1.807) is 7.05 Å². The Hall–Kier alpha value is -1.34. The Morgan fingerprint density at radius 3 is 2.58 bits per heavy atom. The standard InChI is InChI=1S/C19H22INO2S/c1-5-14-9-13(3)18(10-12(14)2)22-11-15-16(20)7-6-8-17(15)23-19(24)21-4/h6-10H,5,11H2,1-4H3,(H,21,24). The molecule has 5 heteroatoms. The molecule has 0 unspecified atom stereocenters. The monoisotopic (exact) mass is 455 g/mol. The smallest absolute Gasteiger partial charge is 0.261 e. The number of halogens is 1. The third-order valence-electron chi connectivity index (χ3n) is 3.87. The van der Waals surface area contributed by atoms with Crippen LogP contribution in [0.25, 0.3) is 0 Å². The molecule has 0 aliphatic rings. The van der Waals surface area contributed by atoms with E-state index in [4.69, 9.17) is 21.7 Å². The topological polar surface area (TPSA) is 30.5 Å². The van der Waals surface area contributed by atoms with Crippen LogP contribution in [0.3, 0.4) is 0 Å². The van der Waals surface area contributed by atoms with Gasteiger partial charge in [0.1, 0.15) is 18.1 Å². The third kappa shape index (κ3) is 4.60. The fourth-order valence-electron chi connectivity index (χ4n) is 2.46. The molecule has 128 valence electrons. The highest BCUT2D eigenvalue weighted by Gasteiger charge is 2.12. The lowest BCUT2D eigenvalue weighted by atomic mass is 10.0. The Kier molecular flexibility index (Phi) is 6.86. The second-order valence-electron chi connectivity index (χ2n) is 5.54. The van der Waals surface area contributed by atoms with Crippen LogP contribution in [0, 0.1) is 17.4 Å². The Morgan fingerprint density at radius 2 is 1.92 bits per heavy atom. The first kappa shape index (κ1) is 19.0. The van der Waals surface area contributed by atoms with Crippen LogP contribution in [-0.2, 0) is 13.0 Å². The molecular formula is C19H22INO2S. The van der Waals surface area contributed by atoms with E-state index < -0.39 is 0 Å². The van der Waals surface area contributed by atoms with Crippen LogP contribution in [0.4, 0.5) is 0 Å². The molecule has 0 saturated carbocycles. The third-order valence-corrected chi connectivity index (χ3v) is 5.17. The van der Waals surface area contributed by atoms with Gasteiger partial charge >= 0.3 is 0 Å². The van der Waals surface area contributed by atoms with Crippen molar-refractivity contribution in [1.29, 1.82) is 0 Å². The second-order valence-corrected chi connectivity index (χ2v) is 7.08. The minimum atomic E-state index is 0.345.